The van der Waals surface area contributed by atoms with Crippen molar-refractivity contribution >= 4 is 36.3 Å². The zero-order valence-corrected chi connectivity index (χ0v) is 28.9. The van der Waals surface area contributed by atoms with E-state index in [1.165, 1.54) is 109 Å². The molecular formula is C32H52FeN2O3Sn+2. The van der Waals surface area contributed by atoms with Crippen molar-refractivity contribution in [2.24, 2.45) is 0 Å². The average molecular weight is 687 g/mol. The Morgan fingerprint density at radius 2 is 1.51 bits per heavy atom. The summed E-state index contributed by atoms with van der Waals surface area (Å²) in [5, 5.41) is 11.9. The van der Waals surface area contributed by atoms with E-state index in [4.69, 9.17) is 4.74 Å². The number of nitrogens with zero attached hydrogens (tertiary/aromatic N) is 2. The van der Waals surface area contributed by atoms with E-state index < -0.39 is 24.7 Å². The largest absolute Gasteiger partial charge is 2.00 e. The molecule has 218 valence electrons. The van der Waals surface area contributed by atoms with Crippen LogP contribution in [0.1, 0.15) is 122 Å². The predicted molar refractivity (Wildman–Crippen MR) is 164 cm³/mol. The van der Waals surface area contributed by atoms with Crippen LogP contribution in [-0.2, 0) is 17.1 Å². The molecule has 0 bridgehead atoms. The first kappa shape index (κ1) is 36.2. The van der Waals surface area contributed by atoms with Crippen molar-refractivity contribution in [1.29, 1.82) is 0 Å². The fraction of sp³-hybridized carbons (Fsp3) is 0.688. The first-order chi connectivity index (χ1) is 18.5. The standard InChI is InChI=1S/C15H16N2O3.C5H9.3C4H9.Fe.Sn/c1-20-13-7-11-6-12(10-4-2-3-5-10)9-16-15(11)14(8-13)17(18)19;1-2-4-5-3-1;3*1-3-4-2;;/h6-10H,2-5H2,1H3;1H,2-5H2;3*1,3-4H2,2H3;;/q;-1;;;;+2;+1. The molecule has 7 heteroatoms. The van der Waals surface area contributed by atoms with Crippen molar-refractivity contribution in [3.8, 4) is 5.75 Å². The molecule has 2 fully saturated rings. The molecule has 1 heterocycles. The van der Waals surface area contributed by atoms with Gasteiger partial charge in [-0.3, -0.25) is 10.1 Å². The van der Waals surface area contributed by atoms with Crippen LogP contribution < -0.4 is 4.74 Å². The van der Waals surface area contributed by atoms with E-state index in [1.807, 2.05) is 12.1 Å². The van der Waals surface area contributed by atoms with Crippen LogP contribution in [0.3, 0.4) is 0 Å². The molecule has 1 aromatic heterocycles. The Morgan fingerprint density at radius 3 is 1.95 bits per heavy atom. The fourth-order valence-corrected chi connectivity index (χ4v) is 14.8. The van der Waals surface area contributed by atoms with Crippen molar-refractivity contribution in [3.63, 3.8) is 0 Å². The quantitative estimate of drug-likeness (QED) is 0.0965. The zero-order valence-electron chi connectivity index (χ0n) is 25.0. The van der Waals surface area contributed by atoms with Crippen molar-refractivity contribution in [1.82, 2.24) is 4.98 Å². The van der Waals surface area contributed by atoms with E-state index in [1.54, 1.807) is 19.5 Å². The van der Waals surface area contributed by atoms with E-state index in [-0.39, 0.29) is 22.8 Å². The average Bonchev–Trinajstić information content (AvgIpc) is 3.70. The molecule has 0 atom stereocenters. The van der Waals surface area contributed by atoms with Gasteiger partial charge in [-0.25, -0.2) is 4.98 Å². The second-order valence-corrected chi connectivity index (χ2v) is 19.4. The monoisotopic (exact) mass is 688 g/mol. The van der Waals surface area contributed by atoms with Crippen LogP contribution in [0.4, 0.5) is 5.69 Å². The summed E-state index contributed by atoms with van der Waals surface area (Å²) in [5.41, 5.74) is 1.60. The van der Waals surface area contributed by atoms with Gasteiger partial charge in [-0.2, -0.15) is 12.8 Å². The van der Waals surface area contributed by atoms with Gasteiger partial charge in [-0.15, -0.1) is 0 Å². The Balaban J connectivity index is 0.000000344. The van der Waals surface area contributed by atoms with Gasteiger partial charge in [0.15, 0.2) is 0 Å². The first-order valence-corrected chi connectivity index (χ1v) is 21.4. The molecule has 4 rings (SSSR count). The fourth-order valence-electron chi connectivity index (χ4n) is 5.34. The molecule has 0 amide bonds. The molecule has 0 radical (unpaired) electrons. The van der Waals surface area contributed by atoms with E-state index >= 15 is 0 Å². The minimum absolute atomic E-state index is 0. The Hall–Kier alpha value is -0.852. The number of unbranched alkanes of at least 4 members (excludes halogenated alkanes) is 3. The van der Waals surface area contributed by atoms with Crippen LogP contribution in [-0.4, -0.2) is 36.8 Å². The molecule has 0 saturated heterocycles. The smallest absolute Gasteiger partial charge is 0.496 e. The third-order valence-corrected chi connectivity index (χ3v) is 16.8. The molecule has 0 spiro atoms. The van der Waals surface area contributed by atoms with Gasteiger partial charge in [0.05, 0.1) is 18.1 Å². The van der Waals surface area contributed by atoms with Gasteiger partial charge in [-0.1, -0.05) is 25.7 Å². The number of hydrogen-bond donors (Lipinski definition) is 0. The number of methoxy groups -OCH3 is 1. The number of ether oxygens (including phenoxy) is 1. The van der Waals surface area contributed by atoms with E-state index in [9.17, 15) is 10.1 Å². The Labute approximate surface area is 256 Å². The minimum Gasteiger partial charge on any atom is -0.496 e. The SMILES string of the molecule is CCC[CH2][Sn+]([CH2]CCC)[CH2]CCC.COc1cc([N+](=O)[O-])c2ncc(C3CCCC3)cc2c1.[CH-]1CCCC1.[Fe+2]. The van der Waals surface area contributed by atoms with E-state index in [0.717, 1.165) is 5.39 Å². The van der Waals surface area contributed by atoms with Gasteiger partial charge in [0.1, 0.15) is 11.3 Å². The summed E-state index contributed by atoms with van der Waals surface area (Å²) in [6.07, 6.45) is 23.5. The first-order valence-electron chi connectivity index (χ1n) is 15.3. The number of aromatic nitrogens is 1. The molecule has 2 saturated carbocycles. The number of benzene rings is 1. The van der Waals surface area contributed by atoms with Gasteiger partial charge >= 0.3 is 109 Å². The number of hydrogen-bond acceptors (Lipinski definition) is 4. The molecule has 2 aliphatic rings. The summed E-state index contributed by atoms with van der Waals surface area (Å²) in [4.78, 5) is 15.0. The summed E-state index contributed by atoms with van der Waals surface area (Å²) < 4.78 is 10.2. The van der Waals surface area contributed by atoms with Gasteiger partial charge < -0.3 is 11.2 Å². The molecule has 1 aromatic carbocycles. The van der Waals surface area contributed by atoms with E-state index in [2.05, 4.69) is 32.2 Å². The minimum atomic E-state index is -0.839. The number of pyridine rings is 1. The van der Waals surface area contributed by atoms with Gasteiger partial charge in [0.25, 0.3) is 5.69 Å². The summed E-state index contributed by atoms with van der Waals surface area (Å²) in [6.45, 7) is 7.00. The maximum absolute atomic E-state index is 11.1. The summed E-state index contributed by atoms with van der Waals surface area (Å²) in [5.74, 6) is 1.03. The van der Waals surface area contributed by atoms with Crippen LogP contribution in [0.15, 0.2) is 24.4 Å². The van der Waals surface area contributed by atoms with Crippen molar-refractivity contribution in [2.75, 3.05) is 7.11 Å². The molecule has 5 nitrogen and oxygen atoms in total. The number of nitro groups is 1. The van der Waals surface area contributed by atoms with Crippen molar-refractivity contribution < 1.29 is 26.7 Å². The van der Waals surface area contributed by atoms with Crippen LogP contribution in [0.5, 0.6) is 5.75 Å². The predicted octanol–water partition coefficient (Wildman–Crippen LogP) is 10.5. The Morgan fingerprint density at radius 1 is 0.949 bits per heavy atom. The van der Waals surface area contributed by atoms with Gasteiger partial charge in [0, 0.05) is 11.6 Å². The summed E-state index contributed by atoms with van der Waals surface area (Å²) in [6, 6.07) is 5.26. The van der Waals surface area contributed by atoms with Crippen molar-refractivity contribution in [3.05, 3.63) is 46.5 Å². The molecule has 2 aliphatic carbocycles. The maximum atomic E-state index is 11.1. The number of nitro benzene ring substituents is 1. The van der Waals surface area contributed by atoms with Crippen LogP contribution in [0.2, 0.25) is 13.3 Å². The molecule has 0 N–H and O–H groups in total. The van der Waals surface area contributed by atoms with E-state index in [0.29, 0.717) is 17.2 Å². The second-order valence-electron chi connectivity index (χ2n) is 10.9. The molecule has 2 aromatic rings. The second kappa shape index (κ2) is 21.8. The third kappa shape index (κ3) is 13.6. The van der Waals surface area contributed by atoms with Crippen LogP contribution in [0.25, 0.3) is 10.9 Å². The zero-order chi connectivity index (χ0) is 27.6. The van der Waals surface area contributed by atoms with Crippen LogP contribution >= 0.6 is 0 Å². The van der Waals surface area contributed by atoms with Crippen molar-refractivity contribution in [2.45, 2.75) is 130 Å². The third-order valence-electron chi connectivity index (χ3n) is 7.73. The summed E-state index contributed by atoms with van der Waals surface area (Å²) >= 11 is -0.839. The van der Waals surface area contributed by atoms with Gasteiger partial charge in [-0.05, 0) is 36.5 Å². The Bertz CT molecular complexity index is 906. The van der Waals surface area contributed by atoms with Gasteiger partial charge in [0.2, 0.25) is 0 Å². The normalized spacial score (nSPS) is 14.6. The number of non-ortho nitro benzene ring substituents is 1. The molecular weight excluding hydrogens is 635 g/mol. The number of rotatable bonds is 12. The molecule has 0 unspecified atom stereocenters. The molecule has 0 aliphatic heterocycles. The topological polar surface area (TPSA) is 65.3 Å². The Kier molecular flexibility index (Phi) is 20.3. The molecule has 39 heavy (non-hydrogen) atoms. The maximum Gasteiger partial charge on any atom is 2.00 e. The summed E-state index contributed by atoms with van der Waals surface area (Å²) in [7, 11) is 1.51. The number of fused-ring (bicyclic) bond motifs is 1. The van der Waals surface area contributed by atoms with Crippen LogP contribution in [0, 0.1) is 16.5 Å².